The van der Waals surface area contributed by atoms with Crippen LogP contribution in [0.5, 0.6) is 51.7 Å². The van der Waals surface area contributed by atoms with Gasteiger partial charge in [-0.05, 0) is 170 Å². The average molecular weight is 930 g/mol. The van der Waals surface area contributed by atoms with E-state index in [2.05, 4.69) is 97.5 Å². The van der Waals surface area contributed by atoms with Crippen molar-refractivity contribution >= 4 is 33.9 Å². The van der Waals surface area contributed by atoms with Crippen LogP contribution in [0.2, 0.25) is 0 Å². The number of anilines is 1. The van der Waals surface area contributed by atoms with Gasteiger partial charge < -0.3 is 38.1 Å². The molecule has 0 aromatic heterocycles. The van der Waals surface area contributed by atoms with E-state index < -0.39 is 0 Å². The molecule has 10 nitrogen and oxygen atoms in total. The smallest absolute Gasteiger partial charge is 0.269 e. The Morgan fingerprint density at radius 3 is 2.03 bits per heavy atom. The summed E-state index contributed by atoms with van der Waals surface area (Å²) in [5.74, 6) is 6.16. The Kier molecular flexibility index (Phi) is 13.8. The Balaban J connectivity index is 0.000000219. The maximum atomic E-state index is 7.03. The third-order valence-electron chi connectivity index (χ3n) is 13.4. The molecule has 68 heavy (non-hydrogen) atoms. The van der Waals surface area contributed by atoms with Crippen molar-refractivity contribution in [1.82, 2.24) is 9.80 Å². The number of nitrogens with zero attached hydrogens (tertiary/aromatic N) is 3. The summed E-state index contributed by atoms with van der Waals surface area (Å²) < 4.78 is 42.9. The number of hydrogen-bond acceptors (Lipinski definition) is 10. The zero-order valence-electron chi connectivity index (χ0n) is 40.1. The van der Waals surface area contributed by atoms with Gasteiger partial charge in [0.15, 0.2) is 34.5 Å². The van der Waals surface area contributed by atoms with Crippen molar-refractivity contribution in [3.05, 3.63) is 166 Å². The molecule has 0 radical (unpaired) electrons. The summed E-state index contributed by atoms with van der Waals surface area (Å²) in [6.45, 7) is 3.92. The fourth-order valence-corrected chi connectivity index (χ4v) is 9.82. The minimum Gasteiger partial charge on any atom is -0.493 e. The third-order valence-corrected chi connectivity index (χ3v) is 13.8. The maximum absolute atomic E-state index is 7.03. The largest absolute Gasteiger partial charge is 0.493 e. The maximum Gasteiger partial charge on any atom is 0.269 e. The molecule has 4 aliphatic rings. The second-order valence-electron chi connectivity index (χ2n) is 17.7. The van der Waals surface area contributed by atoms with E-state index in [0.29, 0.717) is 45.4 Å². The van der Waals surface area contributed by atoms with Gasteiger partial charge in [-0.2, -0.15) is 0 Å². The van der Waals surface area contributed by atoms with Crippen LogP contribution in [-0.4, -0.2) is 77.6 Å². The molecule has 0 amide bonds. The SMILES string of the molecule is COc1ccc2cc1Oc1ccc(cc1)CC1c3cc(c(OC)cc3CCN1C)Oc1c(OC)c(OC)cc3c1C(C2)N(C)CC3.Cc1cccc(N(C)C(=S)Oc2ccc3ccccc3c2)c1. The first-order valence-electron chi connectivity index (χ1n) is 23.1. The normalized spacial score (nSPS) is 16.4. The van der Waals surface area contributed by atoms with Crippen LogP contribution in [0.3, 0.4) is 0 Å². The molecule has 0 saturated heterocycles. The summed E-state index contributed by atoms with van der Waals surface area (Å²) in [5, 5.41) is 2.76. The number of likely N-dealkylation sites (N-methyl/N-ethyl adjacent to an activating group) is 2. The van der Waals surface area contributed by atoms with E-state index in [1.807, 2.05) is 72.6 Å². The van der Waals surface area contributed by atoms with Crippen molar-refractivity contribution in [3.63, 3.8) is 0 Å². The number of thiocarbonyl (C=S) groups is 1. The van der Waals surface area contributed by atoms with Crippen molar-refractivity contribution in [2.24, 2.45) is 0 Å². The van der Waals surface area contributed by atoms with Crippen LogP contribution in [0.4, 0.5) is 5.69 Å². The first-order valence-corrected chi connectivity index (χ1v) is 23.5. The van der Waals surface area contributed by atoms with E-state index in [4.69, 9.17) is 45.4 Å². The van der Waals surface area contributed by atoms with Crippen molar-refractivity contribution in [1.29, 1.82) is 0 Å². The molecule has 4 heterocycles. The molecule has 0 saturated carbocycles. The van der Waals surface area contributed by atoms with E-state index in [1.165, 1.54) is 33.2 Å². The fourth-order valence-electron chi connectivity index (χ4n) is 9.62. The summed E-state index contributed by atoms with van der Waals surface area (Å²) >= 11 is 5.41. The second kappa shape index (κ2) is 20.2. The third kappa shape index (κ3) is 9.65. The number of ether oxygens (including phenoxy) is 7. The zero-order valence-corrected chi connectivity index (χ0v) is 40.9. The molecular weight excluding hydrogens is 871 g/mol. The van der Waals surface area contributed by atoms with Crippen molar-refractivity contribution in [3.8, 4) is 51.7 Å². The highest BCUT2D eigenvalue weighted by Crippen LogP contribution is 2.52. The quantitative estimate of drug-likeness (QED) is 0.150. The van der Waals surface area contributed by atoms with Gasteiger partial charge in [-0.15, -0.1) is 0 Å². The molecule has 7 aromatic rings. The van der Waals surface area contributed by atoms with E-state index in [9.17, 15) is 0 Å². The molecule has 0 aliphatic carbocycles. The first kappa shape index (κ1) is 46.3. The van der Waals surface area contributed by atoms with Crippen molar-refractivity contribution < 1.29 is 33.2 Å². The van der Waals surface area contributed by atoms with Gasteiger partial charge in [-0.1, -0.05) is 60.7 Å². The van der Waals surface area contributed by atoms with Gasteiger partial charge in [0, 0.05) is 43.5 Å². The molecule has 350 valence electrons. The number of aryl methyl sites for hydroxylation is 1. The van der Waals surface area contributed by atoms with Gasteiger partial charge in [0.25, 0.3) is 5.17 Å². The van der Waals surface area contributed by atoms with Gasteiger partial charge in [0.05, 0.1) is 28.4 Å². The zero-order chi connectivity index (χ0) is 47.5. The van der Waals surface area contributed by atoms with Crippen LogP contribution in [0, 0.1) is 6.92 Å². The van der Waals surface area contributed by atoms with Gasteiger partial charge >= 0.3 is 0 Å². The predicted octanol–water partition coefficient (Wildman–Crippen LogP) is 12.1. The van der Waals surface area contributed by atoms with E-state index in [0.717, 1.165) is 72.5 Å². The monoisotopic (exact) mass is 929 g/mol. The molecule has 0 fully saturated rings. The number of benzene rings is 7. The predicted molar refractivity (Wildman–Crippen MR) is 274 cm³/mol. The van der Waals surface area contributed by atoms with Gasteiger partial charge in [0.2, 0.25) is 5.75 Å². The summed E-state index contributed by atoms with van der Waals surface area (Å²) in [5.41, 5.74) is 9.37. The van der Waals surface area contributed by atoms with E-state index >= 15 is 0 Å². The highest BCUT2D eigenvalue weighted by Gasteiger charge is 2.35. The summed E-state index contributed by atoms with van der Waals surface area (Å²) in [4.78, 5) is 6.69. The summed E-state index contributed by atoms with van der Waals surface area (Å²) in [6, 6.07) is 43.6. The van der Waals surface area contributed by atoms with E-state index in [1.54, 1.807) is 28.4 Å². The minimum atomic E-state index is 0.000437. The Hall–Kier alpha value is -6.79. The fraction of sp³-hybridized carbons (Fsp3) is 0.281. The minimum absolute atomic E-state index is 0.000437. The summed E-state index contributed by atoms with van der Waals surface area (Å²) in [7, 11) is 13.0. The van der Waals surface area contributed by atoms with Crippen LogP contribution >= 0.6 is 12.2 Å². The van der Waals surface area contributed by atoms with Gasteiger partial charge in [-0.3, -0.25) is 9.80 Å². The Morgan fingerprint density at radius 2 is 1.29 bits per heavy atom. The molecule has 2 unspecified atom stereocenters. The topological polar surface area (TPSA) is 74.3 Å². The average Bonchev–Trinajstić information content (AvgIpc) is 3.35. The van der Waals surface area contributed by atoms with Crippen LogP contribution < -0.4 is 38.1 Å². The molecule has 2 atom stereocenters. The molecule has 0 spiro atoms. The Labute approximate surface area is 405 Å². The lowest BCUT2D eigenvalue weighted by atomic mass is 9.87. The molecule has 7 aromatic carbocycles. The lowest BCUT2D eigenvalue weighted by Gasteiger charge is -2.37. The highest BCUT2D eigenvalue weighted by atomic mass is 32.1. The molecule has 11 heteroatoms. The first-order chi connectivity index (χ1) is 33.0. The molecule has 11 rings (SSSR count). The lowest BCUT2D eigenvalue weighted by molar-refractivity contribution is 0.220. The Morgan fingerprint density at radius 1 is 0.618 bits per heavy atom. The lowest BCUT2D eigenvalue weighted by Crippen LogP contribution is -2.34. The van der Waals surface area contributed by atoms with Crippen LogP contribution in [0.1, 0.15) is 51.0 Å². The number of fused-ring (bicyclic) bond motifs is 3. The second-order valence-corrected chi connectivity index (χ2v) is 18.1. The van der Waals surface area contributed by atoms with Crippen LogP contribution in [0.15, 0.2) is 127 Å². The molecule has 4 aliphatic heterocycles. The highest BCUT2D eigenvalue weighted by molar-refractivity contribution is 7.80. The molecule has 6 bridgehead atoms. The molecule has 0 N–H and O–H groups in total. The standard InChI is InChI=1S/C38H42N2O6.C19H17NOS/c1-39-15-13-25-20-32(42-4)34-22-28(25)29(39)17-23-7-10-27(11-8-23)45-33-19-24(9-12-31(33)41-3)18-30-36-26(14-16-40(30)2)21-35(43-5)37(44-6)38(36)46-34;1-14-6-5-9-17(12-14)20(2)19(22)21-18-11-10-15-7-3-4-8-16(15)13-18/h7-12,19-22,29-30H,13-18H2,1-6H3;3-13H,1-2H3. The van der Waals surface area contributed by atoms with Crippen molar-refractivity contribution in [2.75, 3.05) is 67.6 Å². The van der Waals surface area contributed by atoms with Crippen LogP contribution in [-0.2, 0) is 25.7 Å². The summed E-state index contributed by atoms with van der Waals surface area (Å²) in [6.07, 6.45) is 3.37. The van der Waals surface area contributed by atoms with Gasteiger partial charge in [-0.25, -0.2) is 0 Å². The van der Waals surface area contributed by atoms with E-state index in [-0.39, 0.29) is 12.1 Å². The van der Waals surface area contributed by atoms with Crippen LogP contribution in [0.25, 0.3) is 10.8 Å². The number of hydrogen-bond donors (Lipinski definition) is 0. The number of methoxy groups -OCH3 is 4. The van der Waals surface area contributed by atoms with Gasteiger partial charge in [0.1, 0.15) is 11.5 Å². The number of rotatable bonds is 6. The molecular formula is C57H59N3O7S. The van der Waals surface area contributed by atoms with Crippen molar-refractivity contribution in [2.45, 2.75) is 44.7 Å². The Bertz CT molecular complexity index is 2960.